The van der Waals surface area contributed by atoms with Crippen molar-refractivity contribution in [2.45, 2.75) is 38.7 Å². The normalized spacial score (nSPS) is 20.8. The van der Waals surface area contributed by atoms with Gasteiger partial charge in [-0.05, 0) is 43.7 Å². The number of halogens is 1. The van der Waals surface area contributed by atoms with Gasteiger partial charge in [0.25, 0.3) is 5.91 Å². The number of rotatable bonds is 6. The van der Waals surface area contributed by atoms with E-state index in [0.717, 1.165) is 25.2 Å². The Balaban J connectivity index is 1.64. The highest BCUT2D eigenvalue weighted by Crippen LogP contribution is 2.20. The van der Waals surface area contributed by atoms with Crippen LogP contribution in [0.25, 0.3) is 0 Å². The lowest BCUT2D eigenvalue weighted by Crippen LogP contribution is -2.44. The first-order valence-electron chi connectivity index (χ1n) is 9.54. The number of primary amides is 1. The van der Waals surface area contributed by atoms with Gasteiger partial charge in [-0.15, -0.1) is 0 Å². The monoisotopic (exact) mass is 400 g/mol. The van der Waals surface area contributed by atoms with E-state index in [1.165, 1.54) is 24.3 Å². The third-order valence-corrected chi connectivity index (χ3v) is 4.75. The Morgan fingerprint density at radius 1 is 1.10 bits per heavy atom. The molecule has 0 aliphatic carbocycles. The van der Waals surface area contributed by atoms with E-state index in [4.69, 9.17) is 15.2 Å². The number of esters is 1. The highest BCUT2D eigenvalue weighted by Gasteiger charge is 2.24. The van der Waals surface area contributed by atoms with Gasteiger partial charge in [0.1, 0.15) is 5.82 Å². The molecule has 1 heterocycles. The van der Waals surface area contributed by atoms with Crippen LogP contribution in [0.1, 0.15) is 41.4 Å². The van der Waals surface area contributed by atoms with Gasteiger partial charge < -0.3 is 15.2 Å². The van der Waals surface area contributed by atoms with Crippen molar-refractivity contribution < 1.29 is 23.5 Å². The number of carbonyl (C=O) groups is 2. The van der Waals surface area contributed by atoms with E-state index in [1.54, 1.807) is 12.1 Å². The van der Waals surface area contributed by atoms with Crippen LogP contribution in [-0.2, 0) is 20.8 Å². The summed E-state index contributed by atoms with van der Waals surface area (Å²) in [4.78, 5) is 26.5. The van der Waals surface area contributed by atoms with E-state index in [2.05, 4.69) is 18.7 Å². The first-order valence-corrected chi connectivity index (χ1v) is 9.54. The number of ether oxygens (including phenoxy) is 2. The molecule has 2 aromatic rings. The lowest BCUT2D eigenvalue weighted by molar-refractivity contribution is -0.127. The van der Waals surface area contributed by atoms with Crippen LogP contribution in [0.3, 0.4) is 0 Å². The average molecular weight is 400 g/mol. The van der Waals surface area contributed by atoms with Gasteiger partial charge in [-0.1, -0.05) is 24.3 Å². The standard InChI is InChI=1S/C22H25FN2O4/c1-14-11-25(12-15(2)28-14)13-16-3-5-18(6-4-16)22(27)29-20(21(24)26)17-7-9-19(23)10-8-17/h3-10,14-15,20H,11-13H2,1-2H3,(H2,24,26). The fourth-order valence-electron chi connectivity index (χ4n) is 3.52. The summed E-state index contributed by atoms with van der Waals surface area (Å²) in [6.07, 6.45) is -0.908. The summed E-state index contributed by atoms with van der Waals surface area (Å²) in [5, 5.41) is 0. The minimum Gasteiger partial charge on any atom is -0.444 e. The first kappa shape index (κ1) is 21.0. The third-order valence-electron chi connectivity index (χ3n) is 4.75. The second-order valence-corrected chi connectivity index (χ2v) is 7.39. The number of amides is 1. The van der Waals surface area contributed by atoms with Crippen LogP contribution in [-0.4, -0.2) is 42.1 Å². The van der Waals surface area contributed by atoms with E-state index in [9.17, 15) is 14.0 Å². The molecule has 3 unspecified atom stereocenters. The molecule has 1 saturated heterocycles. The van der Waals surface area contributed by atoms with Crippen LogP contribution in [0.4, 0.5) is 4.39 Å². The molecule has 29 heavy (non-hydrogen) atoms. The highest BCUT2D eigenvalue weighted by molar-refractivity contribution is 5.92. The number of benzene rings is 2. The summed E-state index contributed by atoms with van der Waals surface area (Å²) >= 11 is 0. The van der Waals surface area contributed by atoms with E-state index in [-0.39, 0.29) is 12.2 Å². The van der Waals surface area contributed by atoms with Gasteiger partial charge >= 0.3 is 5.97 Å². The molecular weight excluding hydrogens is 375 g/mol. The van der Waals surface area contributed by atoms with Gasteiger partial charge in [-0.25, -0.2) is 9.18 Å². The number of hydrogen-bond donors (Lipinski definition) is 1. The van der Waals surface area contributed by atoms with Crippen molar-refractivity contribution in [1.82, 2.24) is 4.90 Å². The molecule has 6 nitrogen and oxygen atoms in total. The van der Waals surface area contributed by atoms with Crippen LogP contribution < -0.4 is 5.73 Å². The minimum atomic E-state index is -1.28. The summed E-state index contributed by atoms with van der Waals surface area (Å²) in [5.74, 6) is -1.95. The van der Waals surface area contributed by atoms with Crippen LogP contribution in [0.2, 0.25) is 0 Å². The fraction of sp³-hybridized carbons (Fsp3) is 0.364. The number of morpholine rings is 1. The zero-order valence-corrected chi connectivity index (χ0v) is 16.5. The first-order chi connectivity index (χ1) is 13.8. The molecule has 2 N–H and O–H groups in total. The molecule has 1 aliphatic heterocycles. The van der Waals surface area contributed by atoms with Crippen LogP contribution in [0.5, 0.6) is 0 Å². The van der Waals surface area contributed by atoms with Crippen LogP contribution in [0.15, 0.2) is 48.5 Å². The second-order valence-electron chi connectivity index (χ2n) is 7.39. The van der Waals surface area contributed by atoms with Gasteiger partial charge in [0, 0.05) is 25.2 Å². The Morgan fingerprint density at radius 3 is 2.24 bits per heavy atom. The van der Waals surface area contributed by atoms with Crippen molar-refractivity contribution in [3.05, 3.63) is 71.0 Å². The third kappa shape index (κ3) is 5.62. The summed E-state index contributed by atoms with van der Waals surface area (Å²) in [5.41, 5.74) is 7.05. The van der Waals surface area contributed by atoms with Crippen LogP contribution >= 0.6 is 0 Å². The Morgan fingerprint density at radius 2 is 1.69 bits per heavy atom. The molecule has 0 bridgehead atoms. The molecule has 1 fully saturated rings. The average Bonchev–Trinajstić information content (AvgIpc) is 2.66. The zero-order chi connectivity index (χ0) is 21.0. The Bertz CT molecular complexity index is 844. The molecule has 0 saturated carbocycles. The molecule has 0 radical (unpaired) electrons. The van der Waals surface area contributed by atoms with Gasteiger partial charge in [-0.2, -0.15) is 0 Å². The molecule has 154 valence electrons. The van der Waals surface area contributed by atoms with Crippen molar-refractivity contribution in [1.29, 1.82) is 0 Å². The number of nitrogens with two attached hydrogens (primary N) is 1. The maximum Gasteiger partial charge on any atom is 0.339 e. The predicted octanol–water partition coefficient (Wildman–Crippen LogP) is 2.82. The molecule has 7 heteroatoms. The lowest BCUT2D eigenvalue weighted by Gasteiger charge is -2.35. The highest BCUT2D eigenvalue weighted by atomic mass is 19.1. The van der Waals surface area contributed by atoms with Crippen LogP contribution in [0, 0.1) is 5.82 Å². The van der Waals surface area contributed by atoms with Gasteiger partial charge in [0.2, 0.25) is 6.10 Å². The Kier molecular flexibility index (Phi) is 6.61. The largest absolute Gasteiger partial charge is 0.444 e. The SMILES string of the molecule is CC1CN(Cc2ccc(C(=O)OC(C(N)=O)c3ccc(F)cc3)cc2)CC(C)O1. The van der Waals surface area contributed by atoms with E-state index in [0.29, 0.717) is 11.1 Å². The van der Waals surface area contributed by atoms with Crippen molar-refractivity contribution in [3.8, 4) is 0 Å². The predicted molar refractivity (Wildman–Crippen MR) is 105 cm³/mol. The molecule has 2 aromatic carbocycles. The molecule has 3 rings (SSSR count). The van der Waals surface area contributed by atoms with E-state index in [1.807, 2.05) is 12.1 Å². The number of hydrogen-bond acceptors (Lipinski definition) is 5. The van der Waals surface area contributed by atoms with Crippen molar-refractivity contribution in [2.75, 3.05) is 13.1 Å². The van der Waals surface area contributed by atoms with Crippen molar-refractivity contribution in [2.24, 2.45) is 5.73 Å². The lowest BCUT2D eigenvalue weighted by atomic mass is 10.1. The summed E-state index contributed by atoms with van der Waals surface area (Å²) in [6, 6.07) is 12.1. The number of carbonyl (C=O) groups excluding carboxylic acids is 2. The van der Waals surface area contributed by atoms with Crippen molar-refractivity contribution in [3.63, 3.8) is 0 Å². The van der Waals surface area contributed by atoms with Gasteiger partial charge in [0.05, 0.1) is 17.8 Å². The number of nitrogens with zero attached hydrogens (tertiary/aromatic N) is 1. The minimum absolute atomic E-state index is 0.185. The summed E-state index contributed by atoms with van der Waals surface area (Å²) in [7, 11) is 0. The molecule has 0 aromatic heterocycles. The molecule has 3 atom stereocenters. The molecule has 1 aliphatic rings. The zero-order valence-electron chi connectivity index (χ0n) is 16.5. The second kappa shape index (κ2) is 9.15. The Hall–Kier alpha value is -2.77. The summed E-state index contributed by atoms with van der Waals surface area (Å²) < 4.78 is 24.1. The molecular formula is C22H25FN2O4. The van der Waals surface area contributed by atoms with Crippen molar-refractivity contribution >= 4 is 11.9 Å². The summed E-state index contributed by atoms with van der Waals surface area (Å²) in [6.45, 7) is 6.57. The Labute approximate surface area is 169 Å². The quantitative estimate of drug-likeness (QED) is 0.754. The van der Waals surface area contributed by atoms with Gasteiger partial charge in [0.15, 0.2) is 0 Å². The van der Waals surface area contributed by atoms with E-state index < -0.39 is 23.8 Å². The van der Waals surface area contributed by atoms with E-state index >= 15 is 0 Å². The maximum atomic E-state index is 13.1. The van der Waals surface area contributed by atoms with Gasteiger partial charge in [-0.3, -0.25) is 9.69 Å². The molecule has 1 amide bonds. The fourth-order valence-corrected chi connectivity index (χ4v) is 3.52. The molecule has 0 spiro atoms. The maximum absolute atomic E-state index is 13.1. The topological polar surface area (TPSA) is 81.9 Å². The smallest absolute Gasteiger partial charge is 0.339 e.